The van der Waals surface area contributed by atoms with Crippen molar-refractivity contribution in [3.8, 4) is 0 Å². The Morgan fingerprint density at radius 3 is 2.45 bits per heavy atom. The van der Waals surface area contributed by atoms with Crippen molar-refractivity contribution in [1.29, 1.82) is 0 Å². The fraction of sp³-hybridized carbons (Fsp3) is 0.375. The molecule has 0 fully saturated rings. The van der Waals surface area contributed by atoms with Gasteiger partial charge in [-0.25, -0.2) is 0 Å². The highest BCUT2D eigenvalue weighted by atomic mass is 35.5. The van der Waals surface area contributed by atoms with Gasteiger partial charge in [0.05, 0.1) is 0 Å². The molecule has 2 aromatic rings. The van der Waals surface area contributed by atoms with Crippen LogP contribution in [0.25, 0.3) is 0 Å². The van der Waals surface area contributed by atoms with Gasteiger partial charge in [-0.1, -0.05) is 43.1 Å². The van der Waals surface area contributed by atoms with E-state index in [-0.39, 0.29) is 6.04 Å². The number of nitrogens with one attached hydrogen (secondary N) is 1. The quantitative estimate of drug-likeness (QED) is 0.737. The fourth-order valence-electron chi connectivity index (χ4n) is 2.38. The first kappa shape index (κ1) is 15.8. The van der Waals surface area contributed by atoms with Gasteiger partial charge in [-0.15, -0.1) is 11.3 Å². The van der Waals surface area contributed by atoms with Crippen molar-refractivity contribution in [1.82, 2.24) is 5.32 Å². The number of rotatable bonds is 6. The molecule has 1 atom stereocenters. The summed E-state index contributed by atoms with van der Waals surface area (Å²) in [5.41, 5.74) is 2.43. The van der Waals surface area contributed by atoms with Crippen molar-refractivity contribution in [2.24, 2.45) is 0 Å². The number of hydrogen-bond acceptors (Lipinski definition) is 2. The molecule has 108 valence electrons. The predicted octanol–water partition coefficient (Wildman–Crippen LogP) is 5.51. The van der Waals surface area contributed by atoms with Crippen LogP contribution in [0, 0.1) is 0 Å². The number of thiophene rings is 1. The summed E-state index contributed by atoms with van der Waals surface area (Å²) in [5.74, 6) is 0. The smallest absolute Gasteiger partial charge is 0.0459 e. The van der Waals surface area contributed by atoms with E-state index in [0.717, 1.165) is 35.0 Å². The normalized spacial score (nSPS) is 12.6. The van der Waals surface area contributed by atoms with Crippen LogP contribution in [-0.4, -0.2) is 6.54 Å². The SMILES string of the molecule is CCNC(Cc1c(Cl)cccc1Cl)c1sccc1CC. The first-order chi connectivity index (χ1) is 9.67. The molecular weight excluding hydrogens is 309 g/mol. The Labute approximate surface area is 134 Å². The van der Waals surface area contributed by atoms with Crippen molar-refractivity contribution in [3.63, 3.8) is 0 Å². The summed E-state index contributed by atoms with van der Waals surface area (Å²) in [4.78, 5) is 1.39. The lowest BCUT2D eigenvalue weighted by Crippen LogP contribution is -2.23. The van der Waals surface area contributed by atoms with Gasteiger partial charge in [0.1, 0.15) is 0 Å². The van der Waals surface area contributed by atoms with Gasteiger partial charge in [0.2, 0.25) is 0 Å². The van der Waals surface area contributed by atoms with E-state index in [1.54, 1.807) is 11.3 Å². The molecule has 1 N–H and O–H groups in total. The van der Waals surface area contributed by atoms with E-state index in [9.17, 15) is 0 Å². The van der Waals surface area contributed by atoms with Crippen LogP contribution in [-0.2, 0) is 12.8 Å². The van der Waals surface area contributed by atoms with Crippen molar-refractivity contribution >= 4 is 34.5 Å². The molecule has 0 aliphatic carbocycles. The molecule has 0 aliphatic rings. The van der Waals surface area contributed by atoms with E-state index in [2.05, 4.69) is 30.6 Å². The Morgan fingerprint density at radius 1 is 1.15 bits per heavy atom. The monoisotopic (exact) mass is 327 g/mol. The summed E-state index contributed by atoms with van der Waals surface area (Å²) in [6.07, 6.45) is 1.87. The molecule has 2 rings (SSSR count). The molecule has 0 saturated heterocycles. The lowest BCUT2D eigenvalue weighted by molar-refractivity contribution is 0.555. The van der Waals surface area contributed by atoms with Crippen LogP contribution in [0.15, 0.2) is 29.6 Å². The topological polar surface area (TPSA) is 12.0 Å². The third-order valence-electron chi connectivity index (χ3n) is 3.40. The molecule has 1 heterocycles. The molecule has 0 spiro atoms. The second-order valence-corrected chi connectivity index (χ2v) is 6.44. The first-order valence-electron chi connectivity index (χ1n) is 6.89. The van der Waals surface area contributed by atoms with Gasteiger partial charge in [0.25, 0.3) is 0 Å². The van der Waals surface area contributed by atoms with Crippen molar-refractivity contribution < 1.29 is 0 Å². The lowest BCUT2D eigenvalue weighted by Gasteiger charge is -2.20. The highest BCUT2D eigenvalue weighted by Gasteiger charge is 2.18. The molecule has 0 radical (unpaired) electrons. The van der Waals surface area contributed by atoms with Gasteiger partial charge >= 0.3 is 0 Å². The zero-order valence-electron chi connectivity index (χ0n) is 11.7. The Balaban J connectivity index is 2.30. The third kappa shape index (κ3) is 3.56. The van der Waals surface area contributed by atoms with Gasteiger partial charge in [-0.2, -0.15) is 0 Å². The summed E-state index contributed by atoms with van der Waals surface area (Å²) >= 11 is 14.4. The van der Waals surface area contributed by atoms with E-state index in [1.165, 1.54) is 10.4 Å². The van der Waals surface area contributed by atoms with Crippen LogP contribution in [0.1, 0.15) is 35.9 Å². The average Bonchev–Trinajstić information content (AvgIpc) is 2.90. The van der Waals surface area contributed by atoms with Crippen molar-refractivity contribution in [3.05, 3.63) is 55.7 Å². The van der Waals surface area contributed by atoms with E-state index in [0.29, 0.717) is 0 Å². The summed E-state index contributed by atoms with van der Waals surface area (Å²) in [6, 6.07) is 8.17. The van der Waals surface area contributed by atoms with Gasteiger partial charge in [-0.05, 0) is 54.1 Å². The standard InChI is InChI=1S/C16H19Cl2NS/c1-3-11-8-9-20-16(11)15(19-4-2)10-12-13(17)6-5-7-14(12)18/h5-9,15,19H,3-4,10H2,1-2H3. The van der Waals surface area contributed by atoms with Crippen LogP contribution in [0.2, 0.25) is 10.0 Å². The average molecular weight is 328 g/mol. The Kier molecular flexibility index (Phi) is 5.91. The van der Waals surface area contributed by atoms with Crippen molar-refractivity contribution in [2.45, 2.75) is 32.7 Å². The highest BCUT2D eigenvalue weighted by Crippen LogP contribution is 2.32. The Hall–Kier alpha value is -0.540. The van der Waals surface area contributed by atoms with Crippen LogP contribution in [0.3, 0.4) is 0 Å². The molecular formula is C16H19Cl2NS. The van der Waals surface area contributed by atoms with Gasteiger partial charge in [0, 0.05) is 21.0 Å². The number of halogens is 2. The highest BCUT2D eigenvalue weighted by molar-refractivity contribution is 7.10. The maximum atomic E-state index is 6.30. The molecule has 1 aromatic heterocycles. The minimum Gasteiger partial charge on any atom is -0.309 e. The number of benzene rings is 1. The fourth-order valence-corrected chi connectivity index (χ4v) is 4.01. The minimum atomic E-state index is 0.271. The van der Waals surface area contributed by atoms with E-state index in [1.807, 2.05) is 18.2 Å². The van der Waals surface area contributed by atoms with Crippen LogP contribution in [0.5, 0.6) is 0 Å². The summed E-state index contributed by atoms with van der Waals surface area (Å²) in [7, 11) is 0. The number of likely N-dealkylation sites (N-methyl/N-ethyl adjacent to an activating group) is 1. The van der Waals surface area contributed by atoms with Crippen LogP contribution < -0.4 is 5.32 Å². The van der Waals surface area contributed by atoms with E-state index < -0.39 is 0 Å². The van der Waals surface area contributed by atoms with Gasteiger partial charge in [-0.3, -0.25) is 0 Å². The molecule has 0 aliphatic heterocycles. The predicted molar refractivity (Wildman–Crippen MR) is 90.3 cm³/mol. The number of hydrogen-bond donors (Lipinski definition) is 1. The van der Waals surface area contributed by atoms with E-state index >= 15 is 0 Å². The molecule has 1 nitrogen and oxygen atoms in total. The maximum absolute atomic E-state index is 6.30. The molecule has 20 heavy (non-hydrogen) atoms. The first-order valence-corrected chi connectivity index (χ1v) is 8.53. The Morgan fingerprint density at radius 2 is 1.85 bits per heavy atom. The molecule has 1 unspecified atom stereocenters. The second kappa shape index (κ2) is 7.46. The molecule has 1 aromatic carbocycles. The van der Waals surface area contributed by atoms with Gasteiger partial charge in [0.15, 0.2) is 0 Å². The van der Waals surface area contributed by atoms with Crippen LogP contribution >= 0.6 is 34.5 Å². The number of aryl methyl sites for hydroxylation is 1. The third-order valence-corrected chi connectivity index (χ3v) is 5.18. The zero-order chi connectivity index (χ0) is 14.5. The van der Waals surface area contributed by atoms with E-state index in [4.69, 9.17) is 23.2 Å². The molecule has 0 saturated carbocycles. The largest absolute Gasteiger partial charge is 0.309 e. The lowest BCUT2D eigenvalue weighted by atomic mass is 10.0. The molecule has 0 bridgehead atoms. The zero-order valence-corrected chi connectivity index (χ0v) is 14.1. The van der Waals surface area contributed by atoms with Gasteiger partial charge < -0.3 is 5.32 Å². The minimum absolute atomic E-state index is 0.271. The summed E-state index contributed by atoms with van der Waals surface area (Å²) < 4.78 is 0. The Bertz CT molecular complexity index is 545. The molecule has 0 amide bonds. The summed E-state index contributed by atoms with van der Waals surface area (Å²) in [5, 5.41) is 7.21. The summed E-state index contributed by atoms with van der Waals surface area (Å²) in [6.45, 7) is 5.24. The second-order valence-electron chi connectivity index (χ2n) is 4.68. The molecule has 4 heteroatoms. The van der Waals surface area contributed by atoms with Crippen LogP contribution in [0.4, 0.5) is 0 Å². The van der Waals surface area contributed by atoms with Crippen molar-refractivity contribution in [2.75, 3.05) is 6.54 Å². The maximum Gasteiger partial charge on any atom is 0.0459 e.